The van der Waals surface area contributed by atoms with Gasteiger partial charge >= 0.3 is 0 Å². The van der Waals surface area contributed by atoms with Crippen LogP contribution < -0.4 is 5.32 Å². The molecular formula is C13H23ClN4. The van der Waals surface area contributed by atoms with Gasteiger partial charge in [0.15, 0.2) is 0 Å². The van der Waals surface area contributed by atoms with Crippen LogP contribution in [0.1, 0.15) is 30.9 Å². The van der Waals surface area contributed by atoms with Crippen molar-refractivity contribution in [2.75, 3.05) is 27.7 Å². The first-order chi connectivity index (χ1) is 8.63. The number of hydrogen-bond acceptors (Lipinski definition) is 3. The quantitative estimate of drug-likeness (QED) is 0.888. The van der Waals surface area contributed by atoms with Crippen LogP contribution in [-0.4, -0.2) is 48.4 Å². The molecule has 0 radical (unpaired) electrons. The van der Waals surface area contributed by atoms with Gasteiger partial charge in [0.25, 0.3) is 0 Å². The maximum absolute atomic E-state index is 6.34. The molecule has 1 saturated carbocycles. The zero-order valence-corrected chi connectivity index (χ0v) is 12.2. The Morgan fingerprint density at radius 3 is 2.94 bits per heavy atom. The van der Waals surface area contributed by atoms with Crippen LogP contribution >= 0.6 is 11.6 Å². The molecule has 0 aromatic carbocycles. The van der Waals surface area contributed by atoms with E-state index < -0.39 is 0 Å². The molecule has 1 aromatic heterocycles. The third kappa shape index (κ3) is 2.87. The molecule has 0 amide bonds. The SMILES string of the molecule is CNC1CCCC1c1c(Cl)cnn1CCN(C)C. The summed E-state index contributed by atoms with van der Waals surface area (Å²) in [5.41, 5.74) is 1.22. The summed E-state index contributed by atoms with van der Waals surface area (Å²) in [6, 6.07) is 0.539. The fourth-order valence-electron chi connectivity index (χ4n) is 2.85. The van der Waals surface area contributed by atoms with Gasteiger partial charge in [-0.05, 0) is 34.0 Å². The van der Waals surface area contributed by atoms with Crippen LogP contribution in [0, 0.1) is 0 Å². The lowest BCUT2D eigenvalue weighted by molar-refractivity contribution is 0.363. The molecule has 4 nitrogen and oxygen atoms in total. The molecule has 2 unspecified atom stereocenters. The van der Waals surface area contributed by atoms with Gasteiger partial charge in [0.05, 0.1) is 23.5 Å². The monoisotopic (exact) mass is 270 g/mol. The van der Waals surface area contributed by atoms with Crippen molar-refractivity contribution in [2.24, 2.45) is 0 Å². The molecule has 0 spiro atoms. The summed E-state index contributed by atoms with van der Waals surface area (Å²) < 4.78 is 2.09. The molecule has 0 aliphatic heterocycles. The zero-order chi connectivity index (χ0) is 13.1. The average molecular weight is 271 g/mol. The second-order valence-electron chi connectivity index (χ2n) is 5.34. The minimum atomic E-state index is 0.507. The summed E-state index contributed by atoms with van der Waals surface area (Å²) in [4.78, 5) is 2.17. The van der Waals surface area contributed by atoms with Gasteiger partial charge in [-0.2, -0.15) is 5.10 Å². The van der Waals surface area contributed by atoms with Crippen molar-refractivity contribution >= 4 is 11.6 Å². The van der Waals surface area contributed by atoms with Crippen molar-refractivity contribution in [3.8, 4) is 0 Å². The minimum absolute atomic E-state index is 0.507. The summed E-state index contributed by atoms with van der Waals surface area (Å²) in [5.74, 6) is 0.507. The predicted molar refractivity (Wildman–Crippen MR) is 75.2 cm³/mol. The van der Waals surface area contributed by atoms with Crippen molar-refractivity contribution in [3.63, 3.8) is 0 Å². The average Bonchev–Trinajstić information content (AvgIpc) is 2.92. The molecule has 102 valence electrons. The minimum Gasteiger partial charge on any atom is -0.316 e. The Hall–Kier alpha value is -0.580. The van der Waals surface area contributed by atoms with Crippen LogP contribution in [0.15, 0.2) is 6.20 Å². The highest BCUT2D eigenvalue weighted by Crippen LogP contribution is 2.37. The summed E-state index contributed by atoms with van der Waals surface area (Å²) >= 11 is 6.34. The maximum Gasteiger partial charge on any atom is 0.0821 e. The first-order valence-electron chi connectivity index (χ1n) is 6.66. The van der Waals surface area contributed by atoms with Crippen molar-refractivity contribution in [1.82, 2.24) is 20.0 Å². The van der Waals surface area contributed by atoms with E-state index in [4.69, 9.17) is 11.6 Å². The highest BCUT2D eigenvalue weighted by atomic mass is 35.5. The van der Waals surface area contributed by atoms with E-state index in [0.717, 1.165) is 18.1 Å². The number of hydrogen-bond donors (Lipinski definition) is 1. The molecule has 1 aliphatic rings. The molecule has 1 heterocycles. The van der Waals surface area contributed by atoms with E-state index in [1.54, 1.807) is 6.20 Å². The fraction of sp³-hybridized carbons (Fsp3) is 0.769. The summed E-state index contributed by atoms with van der Waals surface area (Å²) in [5, 5.41) is 8.66. The number of rotatable bonds is 5. The fourth-order valence-corrected chi connectivity index (χ4v) is 3.13. The zero-order valence-electron chi connectivity index (χ0n) is 11.5. The third-order valence-corrected chi connectivity index (χ3v) is 4.12. The van der Waals surface area contributed by atoms with Crippen LogP contribution in [0.25, 0.3) is 0 Å². The molecule has 0 saturated heterocycles. The molecule has 1 fully saturated rings. The molecule has 0 bridgehead atoms. The molecule has 5 heteroatoms. The van der Waals surface area contributed by atoms with Gasteiger partial charge in [0, 0.05) is 18.5 Å². The van der Waals surface area contributed by atoms with Crippen LogP contribution in [0.3, 0.4) is 0 Å². The van der Waals surface area contributed by atoms with E-state index >= 15 is 0 Å². The second kappa shape index (κ2) is 6.04. The Labute approximate surface area is 114 Å². The lowest BCUT2D eigenvalue weighted by Crippen LogP contribution is -2.30. The number of nitrogens with zero attached hydrogens (tertiary/aromatic N) is 3. The topological polar surface area (TPSA) is 33.1 Å². The van der Waals surface area contributed by atoms with E-state index in [2.05, 4.69) is 34.1 Å². The Kier molecular flexibility index (Phi) is 4.65. The summed E-state index contributed by atoms with van der Waals surface area (Å²) in [6.07, 6.45) is 5.50. The predicted octanol–water partition coefficient (Wildman–Crippen LogP) is 1.95. The maximum atomic E-state index is 6.34. The van der Waals surface area contributed by atoms with Crippen molar-refractivity contribution in [3.05, 3.63) is 16.9 Å². The Bertz CT molecular complexity index is 388. The number of halogens is 1. The molecular weight excluding hydrogens is 248 g/mol. The molecule has 2 atom stereocenters. The third-order valence-electron chi connectivity index (χ3n) is 3.83. The van der Waals surface area contributed by atoms with Crippen LogP contribution in [0.5, 0.6) is 0 Å². The molecule has 1 aliphatic carbocycles. The largest absolute Gasteiger partial charge is 0.316 e. The van der Waals surface area contributed by atoms with Crippen LogP contribution in [-0.2, 0) is 6.54 Å². The molecule has 1 N–H and O–H groups in total. The molecule has 18 heavy (non-hydrogen) atoms. The highest BCUT2D eigenvalue weighted by molar-refractivity contribution is 6.31. The van der Waals surface area contributed by atoms with Gasteiger partial charge in [-0.15, -0.1) is 0 Å². The lowest BCUT2D eigenvalue weighted by atomic mass is 9.99. The standard InChI is InChI=1S/C13H23ClN4/c1-15-12-6-4-5-10(12)13-11(14)9-16-18(13)8-7-17(2)3/h9-10,12,15H,4-8H2,1-3H3. The Morgan fingerprint density at radius 2 is 2.28 bits per heavy atom. The number of aromatic nitrogens is 2. The van der Waals surface area contributed by atoms with Crippen LogP contribution in [0.2, 0.25) is 5.02 Å². The smallest absolute Gasteiger partial charge is 0.0821 e. The summed E-state index contributed by atoms with van der Waals surface area (Å²) in [6.45, 7) is 1.89. The van der Waals surface area contributed by atoms with Gasteiger partial charge in [-0.1, -0.05) is 18.0 Å². The van der Waals surface area contributed by atoms with Gasteiger partial charge in [0.2, 0.25) is 0 Å². The van der Waals surface area contributed by atoms with Crippen molar-refractivity contribution in [2.45, 2.75) is 37.8 Å². The number of nitrogens with one attached hydrogen (secondary N) is 1. The van der Waals surface area contributed by atoms with E-state index in [1.165, 1.54) is 25.0 Å². The van der Waals surface area contributed by atoms with Crippen molar-refractivity contribution < 1.29 is 0 Å². The van der Waals surface area contributed by atoms with Gasteiger partial charge in [-0.25, -0.2) is 0 Å². The van der Waals surface area contributed by atoms with Gasteiger partial charge < -0.3 is 10.2 Å². The lowest BCUT2D eigenvalue weighted by Gasteiger charge is -2.21. The van der Waals surface area contributed by atoms with E-state index in [9.17, 15) is 0 Å². The first kappa shape index (κ1) is 13.8. The molecule has 2 rings (SSSR count). The highest BCUT2D eigenvalue weighted by Gasteiger charge is 2.31. The Morgan fingerprint density at radius 1 is 1.50 bits per heavy atom. The normalized spacial score (nSPS) is 24.1. The van der Waals surface area contributed by atoms with E-state index in [0.29, 0.717) is 12.0 Å². The van der Waals surface area contributed by atoms with Gasteiger partial charge in [0.1, 0.15) is 0 Å². The Balaban J connectivity index is 2.17. The van der Waals surface area contributed by atoms with Gasteiger partial charge in [-0.3, -0.25) is 4.68 Å². The number of likely N-dealkylation sites (N-methyl/N-ethyl adjacent to an activating group) is 2. The first-order valence-corrected chi connectivity index (χ1v) is 7.04. The summed E-state index contributed by atoms with van der Waals surface area (Å²) in [7, 11) is 6.20. The van der Waals surface area contributed by atoms with Crippen LogP contribution in [0.4, 0.5) is 0 Å². The second-order valence-corrected chi connectivity index (χ2v) is 5.74. The van der Waals surface area contributed by atoms with E-state index in [1.807, 2.05) is 7.05 Å². The van der Waals surface area contributed by atoms with Crippen molar-refractivity contribution in [1.29, 1.82) is 0 Å². The molecule has 1 aromatic rings. The van der Waals surface area contributed by atoms with E-state index in [-0.39, 0.29) is 0 Å².